The van der Waals surface area contributed by atoms with Gasteiger partial charge in [0.15, 0.2) is 11.6 Å². The third-order valence-electron chi connectivity index (χ3n) is 6.86. The number of benzene rings is 2. The van der Waals surface area contributed by atoms with Gasteiger partial charge in [-0.05, 0) is 55.2 Å². The number of H-pyrrole nitrogens is 1. The Morgan fingerprint density at radius 3 is 2.65 bits per heavy atom. The molecule has 0 saturated carbocycles. The summed E-state index contributed by atoms with van der Waals surface area (Å²) in [5, 5.41) is 0.631. The zero-order valence-corrected chi connectivity index (χ0v) is 19.9. The maximum absolute atomic E-state index is 15.3. The first kappa shape index (κ1) is 23.4. The van der Waals surface area contributed by atoms with Gasteiger partial charge >= 0.3 is 0 Å². The molecule has 5 rings (SSSR count). The zero-order chi connectivity index (χ0) is 23.7. The Balaban J connectivity index is 1.46. The third-order valence-corrected chi connectivity index (χ3v) is 8.14. The molecule has 2 aliphatic rings. The molecule has 1 fully saturated rings. The average Bonchev–Trinajstić information content (AvgIpc) is 2.84. The second kappa shape index (κ2) is 9.72. The molecule has 0 unspecified atom stereocenters. The van der Waals surface area contributed by atoms with Crippen LogP contribution in [0.1, 0.15) is 24.0 Å². The number of fused-ring (bicyclic) bond motifs is 3. The SMILES string of the molecule is O=c1ccc(SCC[C@@H]2OCC[C@@]3(Cc4ccc(Cl)cc4)c4c(F)ccc(F)c4OC[C@@H]23)c[nH]1. The van der Waals surface area contributed by atoms with Gasteiger partial charge in [-0.2, -0.15) is 0 Å². The summed E-state index contributed by atoms with van der Waals surface area (Å²) in [5.41, 5.74) is 0.535. The molecule has 34 heavy (non-hydrogen) atoms. The number of hydrogen-bond acceptors (Lipinski definition) is 4. The first-order valence-electron chi connectivity index (χ1n) is 11.3. The standard InChI is InChI=1S/C26H24ClF2NO3S/c27-17-3-1-16(2-4-17)13-26-10-11-32-22(9-12-34-18-5-8-23(31)30-14-18)19(26)15-33-25-21(29)7-6-20(28)24(25)26/h1-8,14,19,22H,9-13,15H2,(H,30,31)/t19-,22-,26-/m0/s1. The van der Waals surface area contributed by atoms with Gasteiger partial charge in [-0.15, -0.1) is 11.8 Å². The number of nitrogens with one attached hydrogen (secondary N) is 1. The van der Waals surface area contributed by atoms with E-state index in [2.05, 4.69) is 4.98 Å². The Bertz CT molecular complexity index is 1220. The van der Waals surface area contributed by atoms with Crippen LogP contribution in [0.5, 0.6) is 5.75 Å². The minimum Gasteiger partial charge on any atom is -0.490 e. The Morgan fingerprint density at radius 1 is 1.09 bits per heavy atom. The van der Waals surface area contributed by atoms with Crippen LogP contribution in [0.2, 0.25) is 5.02 Å². The molecule has 0 spiro atoms. The normalized spacial score (nSPS) is 23.6. The van der Waals surface area contributed by atoms with Gasteiger partial charge in [0, 0.05) is 51.4 Å². The fraction of sp³-hybridized carbons (Fsp3) is 0.346. The van der Waals surface area contributed by atoms with E-state index in [4.69, 9.17) is 21.1 Å². The summed E-state index contributed by atoms with van der Waals surface area (Å²) < 4.78 is 42.1. The van der Waals surface area contributed by atoms with E-state index in [0.29, 0.717) is 36.5 Å². The molecule has 178 valence electrons. The number of aromatic nitrogens is 1. The Labute approximate surface area is 205 Å². The van der Waals surface area contributed by atoms with Crippen molar-refractivity contribution in [1.82, 2.24) is 4.98 Å². The van der Waals surface area contributed by atoms with E-state index >= 15 is 4.39 Å². The summed E-state index contributed by atoms with van der Waals surface area (Å²) in [6.45, 7) is 0.711. The highest BCUT2D eigenvalue weighted by atomic mass is 35.5. The molecule has 1 saturated heterocycles. The lowest BCUT2D eigenvalue weighted by atomic mass is 9.60. The van der Waals surface area contributed by atoms with Crippen LogP contribution in [0.3, 0.4) is 0 Å². The van der Waals surface area contributed by atoms with E-state index in [9.17, 15) is 9.18 Å². The molecule has 0 bridgehead atoms. The average molecular weight is 504 g/mol. The van der Waals surface area contributed by atoms with E-state index in [0.717, 1.165) is 22.3 Å². The summed E-state index contributed by atoms with van der Waals surface area (Å²) in [4.78, 5) is 14.9. The van der Waals surface area contributed by atoms with Gasteiger partial charge < -0.3 is 14.5 Å². The smallest absolute Gasteiger partial charge is 0.247 e. The van der Waals surface area contributed by atoms with Crippen molar-refractivity contribution in [3.05, 3.63) is 92.9 Å². The Morgan fingerprint density at radius 2 is 1.88 bits per heavy atom. The summed E-state index contributed by atoms with van der Waals surface area (Å²) >= 11 is 7.70. The van der Waals surface area contributed by atoms with Crippen LogP contribution in [-0.2, 0) is 16.6 Å². The molecule has 8 heteroatoms. The van der Waals surface area contributed by atoms with E-state index in [1.807, 2.05) is 24.3 Å². The van der Waals surface area contributed by atoms with Crippen LogP contribution in [0.4, 0.5) is 8.78 Å². The monoisotopic (exact) mass is 503 g/mol. The first-order valence-corrected chi connectivity index (χ1v) is 12.6. The van der Waals surface area contributed by atoms with Crippen molar-refractivity contribution in [2.24, 2.45) is 5.92 Å². The van der Waals surface area contributed by atoms with Crippen molar-refractivity contribution in [2.45, 2.75) is 35.7 Å². The maximum Gasteiger partial charge on any atom is 0.247 e. The molecule has 2 aromatic carbocycles. The minimum absolute atomic E-state index is 0.0217. The lowest BCUT2D eigenvalue weighted by molar-refractivity contribution is -0.0961. The summed E-state index contributed by atoms with van der Waals surface area (Å²) in [6.07, 6.45) is 3.34. The second-order valence-electron chi connectivity index (χ2n) is 8.80. The van der Waals surface area contributed by atoms with E-state index in [1.165, 1.54) is 12.1 Å². The number of pyridine rings is 1. The van der Waals surface area contributed by atoms with Crippen molar-refractivity contribution in [2.75, 3.05) is 19.0 Å². The Kier molecular flexibility index (Phi) is 6.69. The lowest BCUT2D eigenvalue weighted by Crippen LogP contribution is -2.55. The van der Waals surface area contributed by atoms with Gasteiger partial charge in [-0.3, -0.25) is 4.79 Å². The van der Waals surface area contributed by atoms with Gasteiger partial charge in [0.05, 0.1) is 12.7 Å². The summed E-state index contributed by atoms with van der Waals surface area (Å²) in [6, 6.07) is 13.1. The molecule has 1 N–H and O–H groups in total. The number of thioether (sulfide) groups is 1. The molecule has 3 heterocycles. The van der Waals surface area contributed by atoms with Crippen molar-refractivity contribution in [3.8, 4) is 5.75 Å². The zero-order valence-electron chi connectivity index (χ0n) is 18.4. The first-order chi connectivity index (χ1) is 16.5. The molecule has 2 aliphatic heterocycles. The van der Waals surface area contributed by atoms with Gasteiger partial charge in [0.2, 0.25) is 5.56 Å². The number of ether oxygens (including phenoxy) is 2. The largest absolute Gasteiger partial charge is 0.490 e. The van der Waals surface area contributed by atoms with E-state index < -0.39 is 17.0 Å². The summed E-state index contributed by atoms with van der Waals surface area (Å²) in [5.74, 6) is -0.353. The molecule has 4 nitrogen and oxygen atoms in total. The molecular formula is C26H24ClF2NO3S. The number of halogens is 3. The highest BCUT2D eigenvalue weighted by Gasteiger charge is 2.53. The van der Waals surface area contributed by atoms with Crippen molar-refractivity contribution < 1.29 is 18.3 Å². The van der Waals surface area contributed by atoms with Crippen LogP contribution >= 0.6 is 23.4 Å². The van der Waals surface area contributed by atoms with Crippen molar-refractivity contribution in [3.63, 3.8) is 0 Å². The fourth-order valence-corrected chi connectivity index (χ4v) is 6.29. The quantitative estimate of drug-likeness (QED) is 0.434. The van der Waals surface area contributed by atoms with Crippen LogP contribution in [0.15, 0.2) is 64.4 Å². The van der Waals surface area contributed by atoms with Crippen molar-refractivity contribution in [1.29, 1.82) is 0 Å². The van der Waals surface area contributed by atoms with Crippen LogP contribution < -0.4 is 10.3 Å². The lowest BCUT2D eigenvalue weighted by Gasteiger charge is -2.51. The molecule has 3 atom stereocenters. The van der Waals surface area contributed by atoms with Crippen LogP contribution in [0, 0.1) is 17.6 Å². The fourth-order valence-electron chi connectivity index (χ4n) is 5.28. The number of rotatable bonds is 6. The number of hydrogen-bond donors (Lipinski definition) is 1. The van der Waals surface area contributed by atoms with Crippen LogP contribution in [0.25, 0.3) is 0 Å². The molecule has 3 aromatic rings. The third kappa shape index (κ3) is 4.49. The molecule has 0 aliphatic carbocycles. The highest BCUT2D eigenvalue weighted by molar-refractivity contribution is 7.99. The highest BCUT2D eigenvalue weighted by Crippen LogP contribution is 2.53. The molecule has 1 aromatic heterocycles. The predicted molar refractivity (Wildman–Crippen MR) is 129 cm³/mol. The van der Waals surface area contributed by atoms with Crippen LogP contribution in [-0.4, -0.2) is 30.1 Å². The molecule has 0 radical (unpaired) electrons. The van der Waals surface area contributed by atoms with Gasteiger partial charge in [-0.25, -0.2) is 8.78 Å². The van der Waals surface area contributed by atoms with Gasteiger partial charge in [0.25, 0.3) is 0 Å². The topological polar surface area (TPSA) is 51.3 Å². The van der Waals surface area contributed by atoms with E-state index in [1.54, 1.807) is 24.0 Å². The Hall–Kier alpha value is -2.35. The van der Waals surface area contributed by atoms with Gasteiger partial charge in [-0.1, -0.05) is 23.7 Å². The minimum atomic E-state index is -0.654. The summed E-state index contributed by atoms with van der Waals surface area (Å²) in [7, 11) is 0. The molecular weight excluding hydrogens is 480 g/mol. The van der Waals surface area contributed by atoms with Crippen molar-refractivity contribution >= 4 is 23.4 Å². The second-order valence-corrected chi connectivity index (χ2v) is 10.4. The predicted octanol–water partition coefficient (Wildman–Crippen LogP) is 5.77. The van der Waals surface area contributed by atoms with Gasteiger partial charge in [0.1, 0.15) is 5.82 Å². The van der Waals surface area contributed by atoms with E-state index in [-0.39, 0.29) is 29.9 Å². The molecule has 0 amide bonds. The number of aromatic amines is 1. The maximum atomic E-state index is 15.3.